The summed E-state index contributed by atoms with van der Waals surface area (Å²) in [6.45, 7) is 0. The molecule has 0 bridgehead atoms. The summed E-state index contributed by atoms with van der Waals surface area (Å²) in [5, 5.41) is 7.93. The number of fused-ring (bicyclic) bond motifs is 1. The fraction of sp³-hybridized carbons (Fsp3) is 0.143. The molecule has 0 amide bonds. The molecule has 5 heteroatoms. The van der Waals surface area contributed by atoms with Crippen molar-refractivity contribution in [1.82, 2.24) is 15.0 Å². The van der Waals surface area contributed by atoms with E-state index < -0.39 is 0 Å². The zero-order chi connectivity index (χ0) is 8.72. The van der Waals surface area contributed by atoms with Crippen LogP contribution in [0, 0.1) is 0 Å². The molecule has 0 saturated heterocycles. The van der Waals surface area contributed by atoms with E-state index in [0.29, 0.717) is 0 Å². The number of aromatic nitrogens is 3. The van der Waals surface area contributed by atoms with Gasteiger partial charge in [-0.3, -0.25) is 0 Å². The van der Waals surface area contributed by atoms with Gasteiger partial charge in [-0.05, 0) is 44.0 Å². The fourth-order valence-corrected chi connectivity index (χ4v) is 1.78. The van der Waals surface area contributed by atoms with Gasteiger partial charge >= 0.3 is 0 Å². The maximum Gasteiger partial charge on any atom is 0.128 e. The Morgan fingerprint density at radius 2 is 2.08 bits per heavy atom. The molecule has 2 aromatic rings. The van der Waals surface area contributed by atoms with Crippen LogP contribution in [0.25, 0.3) is 11.0 Å². The van der Waals surface area contributed by atoms with Gasteiger partial charge in [0.25, 0.3) is 0 Å². The average Bonchev–Trinajstić information content (AvgIpc) is 2.41. The smallest absolute Gasteiger partial charge is 0.128 e. The number of rotatable bonds is 0. The number of nitrogens with zero attached hydrogens (tertiary/aromatic N) is 3. The van der Waals surface area contributed by atoms with Crippen LogP contribution in [0.4, 0.5) is 0 Å². The lowest BCUT2D eigenvalue weighted by Crippen LogP contribution is -1.88. The van der Waals surface area contributed by atoms with Gasteiger partial charge in [0, 0.05) is 11.5 Å². The molecule has 2 rings (SSSR count). The molecule has 0 radical (unpaired) electrons. The van der Waals surface area contributed by atoms with Crippen LogP contribution < -0.4 is 0 Å². The molecular weight excluding hydrogens is 286 g/mol. The third-order valence-corrected chi connectivity index (χ3v) is 3.67. The fourth-order valence-electron chi connectivity index (χ4n) is 1.05. The van der Waals surface area contributed by atoms with Gasteiger partial charge in [0.05, 0.1) is 9.99 Å². The van der Waals surface area contributed by atoms with Crippen molar-refractivity contribution >= 4 is 42.9 Å². The molecule has 0 aliphatic carbocycles. The van der Waals surface area contributed by atoms with Gasteiger partial charge in [-0.15, -0.1) is 5.10 Å². The van der Waals surface area contributed by atoms with Gasteiger partial charge < -0.3 is 0 Å². The van der Waals surface area contributed by atoms with E-state index >= 15 is 0 Å². The predicted molar refractivity (Wildman–Crippen MR) is 53.9 cm³/mol. The Bertz CT molecular complexity index is 435. The molecule has 1 aromatic heterocycles. The molecule has 1 aromatic carbocycles. The minimum absolute atomic E-state index is 0.881. The molecule has 12 heavy (non-hydrogen) atoms. The van der Waals surface area contributed by atoms with Crippen molar-refractivity contribution in [3.63, 3.8) is 0 Å². The van der Waals surface area contributed by atoms with Crippen LogP contribution >= 0.6 is 31.9 Å². The van der Waals surface area contributed by atoms with Crippen LogP contribution in [0.15, 0.2) is 21.1 Å². The Hall–Kier alpha value is -0.420. The molecule has 0 fully saturated rings. The molecule has 0 aliphatic rings. The first kappa shape index (κ1) is 8.19. The van der Waals surface area contributed by atoms with Gasteiger partial charge in [-0.1, -0.05) is 5.21 Å². The molecule has 3 nitrogen and oxygen atoms in total. The van der Waals surface area contributed by atoms with Gasteiger partial charge in [0.2, 0.25) is 0 Å². The van der Waals surface area contributed by atoms with Crippen LogP contribution in [0.2, 0.25) is 0 Å². The quantitative estimate of drug-likeness (QED) is 0.746. The summed E-state index contributed by atoms with van der Waals surface area (Å²) in [6, 6.07) is 3.94. The zero-order valence-corrected chi connectivity index (χ0v) is 9.42. The van der Waals surface area contributed by atoms with E-state index in [2.05, 4.69) is 42.2 Å². The first-order valence-electron chi connectivity index (χ1n) is 3.33. The second kappa shape index (κ2) is 2.81. The number of benzene rings is 1. The average molecular weight is 291 g/mol. The van der Waals surface area contributed by atoms with Crippen molar-refractivity contribution in [3.8, 4) is 0 Å². The molecule has 0 atom stereocenters. The zero-order valence-electron chi connectivity index (χ0n) is 6.25. The molecule has 0 saturated carbocycles. The van der Waals surface area contributed by atoms with Crippen molar-refractivity contribution in [2.45, 2.75) is 0 Å². The van der Waals surface area contributed by atoms with E-state index in [4.69, 9.17) is 0 Å². The first-order chi connectivity index (χ1) is 5.70. The SMILES string of the molecule is Cn1nnc2c(Br)c(Br)ccc21. The topological polar surface area (TPSA) is 30.7 Å². The minimum atomic E-state index is 0.881. The van der Waals surface area contributed by atoms with E-state index in [-0.39, 0.29) is 0 Å². The third-order valence-electron chi connectivity index (χ3n) is 1.68. The second-order valence-corrected chi connectivity index (χ2v) is 4.09. The molecule has 0 N–H and O–H groups in total. The van der Waals surface area contributed by atoms with Crippen LogP contribution in [0.1, 0.15) is 0 Å². The Morgan fingerprint density at radius 3 is 2.83 bits per heavy atom. The Morgan fingerprint density at radius 1 is 1.33 bits per heavy atom. The summed E-state index contributed by atoms with van der Waals surface area (Å²) in [5.41, 5.74) is 1.90. The van der Waals surface area contributed by atoms with E-state index in [1.807, 2.05) is 19.2 Å². The highest BCUT2D eigenvalue weighted by Crippen LogP contribution is 2.29. The maximum absolute atomic E-state index is 4.01. The number of aryl methyl sites for hydroxylation is 1. The molecule has 0 unspecified atom stereocenters. The summed E-state index contributed by atoms with van der Waals surface area (Å²) in [5.74, 6) is 0. The number of hydrogen-bond donors (Lipinski definition) is 0. The number of halogens is 2. The minimum Gasteiger partial charge on any atom is -0.248 e. The standard InChI is InChI=1S/C7H5Br2N3/c1-12-5-3-2-4(8)6(9)7(5)10-11-12/h2-3H,1H3. The monoisotopic (exact) mass is 289 g/mol. The van der Waals surface area contributed by atoms with Crippen molar-refractivity contribution < 1.29 is 0 Å². The second-order valence-electron chi connectivity index (χ2n) is 2.44. The van der Waals surface area contributed by atoms with Crippen molar-refractivity contribution in [2.24, 2.45) is 7.05 Å². The third kappa shape index (κ3) is 1.08. The van der Waals surface area contributed by atoms with Crippen LogP contribution in [-0.2, 0) is 7.05 Å². The molecular formula is C7H5Br2N3. The Labute approximate surface area is 86.0 Å². The summed E-state index contributed by atoms with van der Waals surface area (Å²) >= 11 is 6.83. The van der Waals surface area contributed by atoms with E-state index in [9.17, 15) is 0 Å². The van der Waals surface area contributed by atoms with Crippen molar-refractivity contribution in [3.05, 3.63) is 21.1 Å². The molecule has 1 heterocycles. The van der Waals surface area contributed by atoms with Crippen LogP contribution in [-0.4, -0.2) is 15.0 Å². The highest BCUT2D eigenvalue weighted by atomic mass is 79.9. The molecule has 0 aliphatic heterocycles. The highest BCUT2D eigenvalue weighted by molar-refractivity contribution is 9.13. The Kier molecular flexibility index (Phi) is 1.92. The largest absolute Gasteiger partial charge is 0.248 e. The van der Waals surface area contributed by atoms with E-state index in [1.54, 1.807) is 4.68 Å². The normalized spacial score (nSPS) is 10.9. The molecule has 62 valence electrons. The van der Waals surface area contributed by atoms with Gasteiger partial charge in [-0.2, -0.15) is 0 Å². The highest BCUT2D eigenvalue weighted by Gasteiger charge is 2.07. The first-order valence-corrected chi connectivity index (χ1v) is 4.92. The summed E-state index contributed by atoms with van der Waals surface area (Å²) < 4.78 is 3.69. The van der Waals surface area contributed by atoms with Gasteiger partial charge in [0.15, 0.2) is 0 Å². The Balaban J connectivity index is 2.93. The van der Waals surface area contributed by atoms with Crippen LogP contribution in [0.3, 0.4) is 0 Å². The summed E-state index contributed by atoms with van der Waals surface area (Å²) in [7, 11) is 1.87. The summed E-state index contributed by atoms with van der Waals surface area (Å²) in [4.78, 5) is 0. The lowest BCUT2D eigenvalue weighted by molar-refractivity contribution is 0.736. The lowest BCUT2D eigenvalue weighted by Gasteiger charge is -1.95. The molecule has 0 spiro atoms. The van der Waals surface area contributed by atoms with E-state index in [1.165, 1.54) is 0 Å². The summed E-state index contributed by atoms with van der Waals surface area (Å²) in [6.07, 6.45) is 0. The predicted octanol–water partition coefficient (Wildman–Crippen LogP) is 2.49. The van der Waals surface area contributed by atoms with Crippen molar-refractivity contribution in [2.75, 3.05) is 0 Å². The van der Waals surface area contributed by atoms with Gasteiger partial charge in [-0.25, -0.2) is 4.68 Å². The van der Waals surface area contributed by atoms with Crippen LogP contribution in [0.5, 0.6) is 0 Å². The maximum atomic E-state index is 4.01. The van der Waals surface area contributed by atoms with E-state index in [0.717, 1.165) is 20.0 Å². The lowest BCUT2D eigenvalue weighted by atomic mass is 10.3. The number of hydrogen-bond acceptors (Lipinski definition) is 2. The van der Waals surface area contributed by atoms with Crippen molar-refractivity contribution in [1.29, 1.82) is 0 Å². The van der Waals surface area contributed by atoms with Gasteiger partial charge in [0.1, 0.15) is 5.52 Å².